The Morgan fingerprint density at radius 1 is 1.04 bits per heavy atom. The van der Waals surface area contributed by atoms with E-state index in [0.29, 0.717) is 12.1 Å². The van der Waals surface area contributed by atoms with Gasteiger partial charge in [0.05, 0.1) is 22.6 Å². The van der Waals surface area contributed by atoms with Gasteiger partial charge in [-0.3, -0.25) is 4.79 Å². The third-order valence-corrected chi connectivity index (χ3v) is 5.51. The molecule has 4 nitrogen and oxygen atoms in total. The zero-order valence-corrected chi connectivity index (χ0v) is 13.4. The van der Waals surface area contributed by atoms with Crippen molar-refractivity contribution in [2.45, 2.75) is 25.2 Å². The summed E-state index contributed by atoms with van der Waals surface area (Å²) >= 11 is 0. The molecule has 25 heavy (non-hydrogen) atoms. The van der Waals surface area contributed by atoms with E-state index in [1.54, 1.807) is 0 Å². The molecule has 1 unspecified atom stereocenters. The van der Waals surface area contributed by atoms with Crippen LogP contribution in [0.3, 0.4) is 0 Å². The van der Waals surface area contributed by atoms with Crippen LogP contribution in [0.1, 0.15) is 24.0 Å². The van der Waals surface area contributed by atoms with Crippen molar-refractivity contribution < 1.29 is 39.6 Å². The molecule has 1 amide bonds. The molecule has 2 rings (SSSR count). The van der Waals surface area contributed by atoms with E-state index >= 15 is 0 Å². The second-order valence-corrected chi connectivity index (χ2v) is 8.04. The van der Waals surface area contributed by atoms with Gasteiger partial charge in [0.15, 0.2) is 9.84 Å². The van der Waals surface area contributed by atoms with Gasteiger partial charge in [0.2, 0.25) is 5.91 Å². The highest BCUT2D eigenvalue weighted by Crippen LogP contribution is 2.37. The second-order valence-electron chi connectivity index (χ2n) is 5.82. The molecule has 11 heteroatoms. The van der Waals surface area contributed by atoms with Crippen molar-refractivity contribution in [1.82, 2.24) is 0 Å². The highest BCUT2D eigenvalue weighted by Gasteiger charge is 2.37. The van der Waals surface area contributed by atoms with E-state index in [9.17, 15) is 39.6 Å². The number of amides is 1. The van der Waals surface area contributed by atoms with Crippen LogP contribution in [0, 0.1) is 5.92 Å². The summed E-state index contributed by atoms with van der Waals surface area (Å²) < 4.78 is 99.1. The fourth-order valence-corrected chi connectivity index (χ4v) is 4.40. The predicted octanol–water partition coefficient (Wildman–Crippen LogP) is 3.49. The first-order chi connectivity index (χ1) is 11.3. The molecule has 0 saturated carbocycles. The van der Waals surface area contributed by atoms with Crippen molar-refractivity contribution in [2.75, 3.05) is 16.8 Å². The number of hydrogen-bond donors (Lipinski definition) is 1. The van der Waals surface area contributed by atoms with Gasteiger partial charge in [-0.05, 0) is 30.5 Å². The third-order valence-electron chi connectivity index (χ3n) is 3.67. The highest BCUT2D eigenvalue weighted by molar-refractivity contribution is 7.91. The molecule has 1 aromatic carbocycles. The van der Waals surface area contributed by atoms with Crippen molar-refractivity contribution in [3.05, 3.63) is 29.3 Å². The Kier molecular flexibility index (Phi) is 5.08. The van der Waals surface area contributed by atoms with Crippen LogP contribution in [0.2, 0.25) is 0 Å². The first kappa shape index (κ1) is 19.5. The van der Waals surface area contributed by atoms with Crippen molar-refractivity contribution in [2.24, 2.45) is 5.92 Å². The number of benzene rings is 1. The largest absolute Gasteiger partial charge is 0.416 e. The smallest absolute Gasteiger partial charge is 0.326 e. The third kappa shape index (κ3) is 5.35. The minimum absolute atomic E-state index is 0.0425. The number of rotatable bonds is 3. The monoisotopic (exact) mass is 389 g/mol. The normalized spacial score (nSPS) is 20.5. The van der Waals surface area contributed by atoms with Gasteiger partial charge in [-0.2, -0.15) is 26.3 Å². The molecule has 0 aromatic heterocycles. The maximum absolute atomic E-state index is 12.7. The van der Waals surface area contributed by atoms with E-state index in [1.165, 1.54) is 0 Å². The molecule has 0 radical (unpaired) electrons. The molecule has 1 aliphatic rings. The van der Waals surface area contributed by atoms with Crippen molar-refractivity contribution in [3.8, 4) is 0 Å². The molecule has 1 heterocycles. The van der Waals surface area contributed by atoms with Crippen LogP contribution in [0.5, 0.6) is 0 Å². The first-order valence-corrected chi connectivity index (χ1v) is 8.88. The van der Waals surface area contributed by atoms with E-state index in [4.69, 9.17) is 0 Å². The summed E-state index contributed by atoms with van der Waals surface area (Å²) in [7, 11) is -3.24. The maximum atomic E-state index is 12.7. The Morgan fingerprint density at radius 2 is 1.56 bits per heavy atom. The molecule has 1 fully saturated rings. The van der Waals surface area contributed by atoms with Crippen molar-refractivity contribution >= 4 is 21.4 Å². The van der Waals surface area contributed by atoms with Crippen molar-refractivity contribution in [1.29, 1.82) is 0 Å². The fourth-order valence-electron chi connectivity index (χ4n) is 2.53. The molecule has 0 aliphatic carbocycles. The van der Waals surface area contributed by atoms with E-state index < -0.39 is 50.8 Å². The van der Waals surface area contributed by atoms with E-state index in [0.717, 1.165) is 0 Å². The summed E-state index contributed by atoms with van der Waals surface area (Å²) in [6.07, 6.45) is -10.1. The van der Waals surface area contributed by atoms with Crippen LogP contribution in [0.15, 0.2) is 18.2 Å². The van der Waals surface area contributed by atoms with Crippen LogP contribution in [-0.4, -0.2) is 25.8 Å². The van der Waals surface area contributed by atoms with Crippen LogP contribution in [0.4, 0.5) is 32.0 Å². The zero-order chi connectivity index (χ0) is 19.0. The van der Waals surface area contributed by atoms with Crippen LogP contribution in [0.25, 0.3) is 0 Å². The molecule has 1 aromatic rings. The Labute approximate surface area is 139 Å². The lowest BCUT2D eigenvalue weighted by Gasteiger charge is -2.15. The van der Waals surface area contributed by atoms with Gasteiger partial charge in [0.1, 0.15) is 0 Å². The lowest BCUT2D eigenvalue weighted by Crippen LogP contribution is -2.19. The summed E-state index contributed by atoms with van der Waals surface area (Å²) in [6, 6.07) is 0.760. The molecular formula is C14H13F6NO3S. The number of sulfone groups is 1. The molecule has 1 aliphatic heterocycles. The average molecular weight is 389 g/mol. The number of nitrogens with one attached hydrogen (secondary N) is 1. The maximum Gasteiger partial charge on any atom is 0.416 e. The van der Waals surface area contributed by atoms with E-state index in [2.05, 4.69) is 0 Å². The van der Waals surface area contributed by atoms with Gasteiger partial charge in [-0.1, -0.05) is 0 Å². The Balaban J connectivity index is 2.19. The highest BCUT2D eigenvalue weighted by atomic mass is 32.2. The molecule has 0 bridgehead atoms. The van der Waals surface area contributed by atoms with Crippen LogP contribution < -0.4 is 5.32 Å². The van der Waals surface area contributed by atoms with Gasteiger partial charge in [0, 0.05) is 12.1 Å². The lowest BCUT2D eigenvalue weighted by molar-refractivity contribution is -0.143. The average Bonchev–Trinajstić information content (AvgIpc) is 2.75. The Bertz CT molecular complexity index is 738. The van der Waals surface area contributed by atoms with Crippen LogP contribution >= 0.6 is 0 Å². The minimum atomic E-state index is -5.01. The standard InChI is InChI=1S/C14H13F6NO3S/c15-13(16,17)9-4-10(14(18,19)20)6-11(5-9)21-12(22)3-8-1-2-25(23,24)7-8/h4-6,8H,1-3,7H2,(H,21,22). The summed E-state index contributed by atoms with van der Waals surface area (Å²) in [5.74, 6) is -1.66. The SMILES string of the molecule is O=C(CC1CCS(=O)(=O)C1)Nc1cc(C(F)(F)F)cc(C(F)(F)F)c1. The topological polar surface area (TPSA) is 63.2 Å². The number of carbonyl (C=O) groups excluding carboxylic acids is 1. The van der Waals surface area contributed by atoms with Gasteiger partial charge in [0.25, 0.3) is 0 Å². The number of halogens is 6. The summed E-state index contributed by atoms with van der Waals surface area (Å²) in [6.45, 7) is 0. The Hall–Kier alpha value is -1.78. The first-order valence-electron chi connectivity index (χ1n) is 7.06. The minimum Gasteiger partial charge on any atom is -0.326 e. The molecular weight excluding hydrogens is 376 g/mol. The quantitative estimate of drug-likeness (QED) is 0.805. The molecule has 1 atom stereocenters. The van der Waals surface area contributed by atoms with E-state index in [-0.39, 0.29) is 30.4 Å². The summed E-state index contributed by atoms with van der Waals surface area (Å²) in [4.78, 5) is 11.8. The molecule has 1 saturated heterocycles. The second kappa shape index (κ2) is 6.50. The number of carbonyl (C=O) groups is 1. The number of anilines is 1. The summed E-state index contributed by atoms with van der Waals surface area (Å²) in [5, 5.41) is 1.99. The number of hydrogen-bond acceptors (Lipinski definition) is 3. The van der Waals surface area contributed by atoms with Crippen LogP contribution in [-0.2, 0) is 27.0 Å². The predicted molar refractivity (Wildman–Crippen MR) is 76.5 cm³/mol. The van der Waals surface area contributed by atoms with Gasteiger partial charge < -0.3 is 5.32 Å². The molecule has 140 valence electrons. The van der Waals surface area contributed by atoms with E-state index in [1.807, 2.05) is 5.32 Å². The van der Waals surface area contributed by atoms with Crippen molar-refractivity contribution in [3.63, 3.8) is 0 Å². The fraction of sp³-hybridized carbons (Fsp3) is 0.500. The molecule has 1 N–H and O–H groups in total. The van der Waals surface area contributed by atoms with Gasteiger partial charge >= 0.3 is 12.4 Å². The summed E-state index contributed by atoms with van der Waals surface area (Å²) in [5.41, 5.74) is -3.73. The zero-order valence-electron chi connectivity index (χ0n) is 12.5. The van der Waals surface area contributed by atoms with Gasteiger partial charge in [-0.15, -0.1) is 0 Å². The lowest BCUT2D eigenvalue weighted by atomic mass is 10.0. The number of alkyl halides is 6. The molecule has 0 spiro atoms. The van der Waals surface area contributed by atoms with Gasteiger partial charge in [-0.25, -0.2) is 8.42 Å². The Morgan fingerprint density at radius 3 is 1.96 bits per heavy atom.